The van der Waals surface area contributed by atoms with Crippen molar-refractivity contribution < 1.29 is 9.53 Å². The van der Waals surface area contributed by atoms with Crippen LogP contribution >= 0.6 is 12.4 Å². The first-order chi connectivity index (χ1) is 13.8. The summed E-state index contributed by atoms with van der Waals surface area (Å²) in [4.78, 5) is 25.7. The molecule has 0 aliphatic heterocycles. The average Bonchev–Trinajstić information content (AvgIpc) is 2.75. The Kier molecular flexibility index (Phi) is 6.36. The molecule has 4 rings (SSSR count). The number of benzene rings is 2. The van der Waals surface area contributed by atoms with Crippen molar-refractivity contribution in [1.82, 2.24) is 15.0 Å². The number of nitrogens with zero attached hydrogens (tertiary/aromatic N) is 3. The van der Waals surface area contributed by atoms with Crippen LogP contribution in [0.2, 0.25) is 0 Å². The minimum Gasteiger partial charge on any atom is -0.462 e. The third-order valence-electron chi connectivity index (χ3n) is 4.22. The van der Waals surface area contributed by atoms with E-state index in [1.54, 1.807) is 31.5 Å². The third-order valence-corrected chi connectivity index (χ3v) is 4.22. The molecule has 0 fully saturated rings. The largest absolute Gasteiger partial charge is 0.462 e. The van der Waals surface area contributed by atoms with Gasteiger partial charge in [-0.05, 0) is 43.3 Å². The summed E-state index contributed by atoms with van der Waals surface area (Å²) in [5.74, 6) is 0.824. The van der Waals surface area contributed by atoms with Gasteiger partial charge in [0.1, 0.15) is 5.82 Å². The Morgan fingerprint density at radius 3 is 2.48 bits per heavy atom. The lowest BCUT2D eigenvalue weighted by Gasteiger charge is -2.13. The van der Waals surface area contributed by atoms with E-state index < -0.39 is 0 Å². The molecular formula is C22H19ClN4O2. The van der Waals surface area contributed by atoms with Crippen molar-refractivity contribution in [2.75, 3.05) is 11.9 Å². The minimum atomic E-state index is -0.377. The van der Waals surface area contributed by atoms with Gasteiger partial charge in [0.05, 0.1) is 23.4 Å². The van der Waals surface area contributed by atoms with Crippen molar-refractivity contribution in [2.45, 2.75) is 6.92 Å². The number of para-hydroxylation sites is 2. The molecule has 0 saturated heterocycles. The normalized spacial score (nSPS) is 10.2. The topological polar surface area (TPSA) is 77.0 Å². The molecule has 1 N–H and O–H groups in total. The first-order valence-electron chi connectivity index (χ1n) is 8.96. The Hall–Kier alpha value is -3.51. The predicted octanol–water partition coefficient (Wildman–Crippen LogP) is 5.03. The number of rotatable bonds is 5. The fourth-order valence-electron chi connectivity index (χ4n) is 2.91. The number of halogens is 1. The molecule has 0 unspecified atom stereocenters. The van der Waals surface area contributed by atoms with Crippen LogP contribution in [0.15, 0.2) is 73.1 Å². The van der Waals surface area contributed by atoms with Crippen molar-refractivity contribution in [2.24, 2.45) is 0 Å². The van der Waals surface area contributed by atoms with E-state index in [1.807, 2.05) is 48.5 Å². The number of anilines is 2. The highest BCUT2D eigenvalue weighted by Gasteiger charge is 2.15. The van der Waals surface area contributed by atoms with E-state index in [4.69, 9.17) is 9.72 Å². The van der Waals surface area contributed by atoms with Crippen molar-refractivity contribution in [1.29, 1.82) is 0 Å². The summed E-state index contributed by atoms with van der Waals surface area (Å²) in [5.41, 5.74) is 2.76. The molecule has 0 saturated carbocycles. The highest BCUT2D eigenvalue weighted by molar-refractivity contribution is 5.99. The first-order valence-corrected chi connectivity index (χ1v) is 8.96. The number of aromatic nitrogens is 3. The molecular weight excluding hydrogens is 388 g/mol. The second-order valence-electron chi connectivity index (χ2n) is 6.04. The van der Waals surface area contributed by atoms with Gasteiger partial charge in [-0.15, -0.1) is 12.4 Å². The maximum Gasteiger partial charge on any atom is 0.340 e. The number of hydrogen-bond donors (Lipinski definition) is 1. The highest BCUT2D eigenvalue weighted by Crippen LogP contribution is 2.28. The molecule has 0 aliphatic carbocycles. The van der Waals surface area contributed by atoms with Gasteiger partial charge >= 0.3 is 5.97 Å². The summed E-state index contributed by atoms with van der Waals surface area (Å²) < 4.78 is 5.17. The zero-order valence-corrected chi connectivity index (χ0v) is 16.5. The molecule has 0 amide bonds. The van der Waals surface area contributed by atoms with E-state index in [2.05, 4.69) is 15.3 Å². The van der Waals surface area contributed by atoms with E-state index >= 15 is 0 Å². The van der Waals surface area contributed by atoms with Gasteiger partial charge in [-0.2, -0.15) is 0 Å². The quantitative estimate of drug-likeness (QED) is 0.468. The number of hydrogen-bond acceptors (Lipinski definition) is 6. The molecule has 0 radical (unpaired) electrons. The Morgan fingerprint density at radius 1 is 0.966 bits per heavy atom. The lowest BCUT2D eigenvalue weighted by Crippen LogP contribution is -2.08. The van der Waals surface area contributed by atoms with Crippen LogP contribution in [-0.2, 0) is 4.74 Å². The van der Waals surface area contributed by atoms with Crippen LogP contribution in [0.5, 0.6) is 0 Å². The Balaban J connectivity index is 0.00000240. The Labute approximate surface area is 174 Å². The summed E-state index contributed by atoms with van der Waals surface area (Å²) in [6, 6.07) is 18.7. The van der Waals surface area contributed by atoms with Crippen LogP contribution in [-0.4, -0.2) is 27.5 Å². The Morgan fingerprint density at radius 2 is 1.69 bits per heavy atom. The second-order valence-corrected chi connectivity index (χ2v) is 6.04. The van der Waals surface area contributed by atoms with Crippen molar-refractivity contribution in [3.63, 3.8) is 0 Å². The van der Waals surface area contributed by atoms with E-state index in [9.17, 15) is 4.79 Å². The number of fused-ring (bicyclic) bond motifs is 1. The highest BCUT2D eigenvalue weighted by atomic mass is 35.5. The number of esters is 1. The molecule has 2 aromatic carbocycles. The lowest BCUT2D eigenvalue weighted by molar-refractivity contribution is 0.0527. The maximum absolute atomic E-state index is 12.3. The van der Waals surface area contributed by atoms with Crippen LogP contribution < -0.4 is 5.32 Å². The molecule has 29 heavy (non-hydrogen) atoms. The number of ether oxygens (including phenoxy) is 1. The van der Waals surface area contributed by atoms with E-state index in [-0.39, 0.29) is 18.4 Å². The molecule has 2 heterocycles. The van der Waals surface area contributed by atoms with Crippen LogP contribution in [0.1, 0.15) is 17.3 Å². The van der Waals surface area contributed by atoms with Crippen LogP contribution in [0.25, 0.3) is 22.3 Å². The second kappa shape index (κ2) is 9.12. The van der Waals surface area contributed by atoms with E-state index in [0.29, 0.717) is 29.5 Å². The summed E-state index contributed by atoms with van der Waals surface area (Å²) in [6.45, 7) is 2.10. The molecule has 4 aromatic rings. The molecule has 0 bridgehead atoms. The SMILES string of the molecule is CCOC(=O)c1ccccc1Nc1nc(-c2ccncc2)nc2ccccc12.Cl. The van der Waals surface area contributed by atoms with Gasteiger partial charge in [-0.25, -0.2) is 14.8 Å². The van der Waals surface area contributed by atoms with Crippen molar-refractivity contribution in [3.8, 4) is 11.4 Å². The summed E-state index contributed by atoms with van der Waals surface area (Å²) >= 11 is 0. The monoisotopic (exact) mass is 406 g/mol. The van der Waals surface area contributed by atoms with E-state index in [0.717, 1.165) is 16.5 Å². The molecule has 7 heteroatoms. The number of nitrogens with one attached hydrogen (secondary N) is 1. The summed E-state index contributed by atoms with van der Waals surface area (Å²) in [6.07, 6.45) is 3.41. The molecule has 6 nitrogen and oxygen atoms in total. The van der Waals surface area contributed by atoms with Gasteiger partial charge in [0.25, 0.3) is 0 Å². The molecule has 0 atom stereocenters. The van der Waals surface area contributed by atoms with Gasteiger partial charge in [-0.3, -0.25) is 4.98 Å². The standard InChI is InChI=1S/C22H18N4O2.ClH/c1-2-28-22(27)17-8-4-6-10-19(17)25-21-16-7-3-5-9-18(16)24-20(26-21)15-11-13-23-14-12-15;/h3-14H,2H2,1H3,(H,24,25,26);1H. The molecule has 146 valence electrons. The minimum absolute atomic E-state index is 0. The fraction of sp³-hybridized carbons (Fsp3) is 0.0909. The fourth-order valence-corrected chi connectivity index (χ4v) is 2.91. The van der Waals surface area contributed by atoms with Gasteiger partial charge in [0.15, 0.2) is 5.82 Å². The molecule has 2 aromatic heterocycles. The van der Waals surface area contributed by atoms with E-state index in [1.165, 1.54) is 0 Å². The molecule has 0 aliphatic rings. The smallest absolute Gasteiger partial charge is 0.340 e. The van der Waals surface area contributed by atoms with Crippen molar-refractivity contribution in [3.05, 3.63) is 78.6 Å². The molecule has 0 spiro atoms. The number of carbonyl (C=O) groups excluding carboxylic acids is 1. The maximum atomic E-state index is 12.3. The third kappa shape index (κ3) is 4.33. The Bertz CT molecular complexity index is 1140. The van der Waals surface area contributed by atoms with Crippen LogP contribution in [0.4, 0.5) is 11.5 Å². The summed E-state index contributed by atoms with van der Waals surface area (Å²) in [5, 5.41) is 4.16. The first kappa shape index (κ1) is 20.2. The van der Waals surface area contributed by atoms with Gasteiger partial charge < -0.3 is 10.1 Å². The summed E-state index contributed by atoms with van der Waals surface area (Å²) in [7, 11) is 0. The number of carbonyl (C=O) groups is 1. The zero-order chi connectivity index (χ0) is 19.3. The van der Waals surface area contributed by atoms with Gasteiger partial charge in [-0.1, -0.05) is 24.3 Å². The zero-order valence-electron chi connectivity index (χ0n) is 15.7. The average molecular weight is 407 g/mol. The van der Waals surface area contributed by atoms with Gasteiger partial charge in [0, 0.05) is 23.3 Å². The lowest BCUT2D eigenvalue weighted by atomic mass is 10.1. The van der Waals surface area contributed by atoms with Crippen LogP contribution in [0, 0.1) is 0 Å². The van der Waals surface area contributed by atoms with Crippen molar-refractivity contribution >= 4 is 40.8 Å². The number of pyridine rings is 1. The predicted molar refractivity (Wildman–Crippen MR) is 116 cm³/mol. The van der Waals surface area contributed by atoms with Crippen LogP contribution in [0.3, 0.4) is 0 Å². The van der Waals surface area contributed by atoms with Gasteiger partial charge in [0.2, 0.25) is 0 Å².